The molecule has 35 heavy (non-hydrogen) atoms. The van der Waals surface area contributed by atoms with Gasteiger partial charge in [-0.15, -0.1) is 0 Å². The highest BCUT2D eigenvalue weighted by Gasteiger charge is 2.63. The van der Waals surface area contributed by atoms with E-state index >= 15 is 0 Å². The Labute approximate surface area is 199 Å². The van der Waals surface area contributed by atoms with Crippen LogP contribution in [0, 0.1) is 5.41 Å². The molecule has 1 spiro atoms. The summed E-state index contributed by atoms with van der Waals surface area (Å²) in [4.78, 5) is 10.0. The van der Waals surface area contributed by atoms with Crippen LogP contribution in [-0.2, 0) is 10.0 Å². The molecule has 3 saturated heterocycles. The third-order valence-corrected chi connectivity index (χ3v) is 8.46. The Morgan fingerprint density at radius 2 is 2.00 bits per heavy atom. The molecule has 192 valence electrons. The molecule has 2 aromatic rings. The van der Waals surface area contributed by atoms with Gasteiger partial charge in [-0.3, -0.25) is 0 Å². The molecular weight excluding hydrogens is 492 g/mol. The molecule has 0 amide bonds. The summed E-state index contributed by atoms with van der Waals surface area (Å²) in [7, 11) is -3.44. The van der Waals surface area contributed by atoms with Gasteiger partial charge in [0.15, 0.2) is 0 Å². The second kappa shape index (κ2) is 8.39. The SMILES string of the molecule is CS(=O)(=O)N1CC[C@@H](Nc2ncc3cc(C(F)F)cc(N4CC(F)(F)C5(CNC5)C4)c3n2)[C@H](O)C1. The highest BCUT2D eigenvalue weighted by atomic mass is 32.2. The number of nitrogens with one attached hydrogen (secondary N) is 2. The van der Waals surface area contributed by atoms with Crippen LogP contribution < -0.4 is 15.5 Å². The van der Waals surface area contributed by atoms with Crippen molar-refractivity contribution in [1.29, 1.82) is 0 Å². The van der Waals surface area contributed by atoms with Crippen LogP contribution in [0.4, 0.5) is 29.2 Å². The molecule has 3 N–H and O–H groups in total. The molecule has 2 atom stereocenters. The van der Waals surface area contributed by atoms with E-state index < -0.39 is 46.5 Å². The fourth-order valence-electron chi connectivity index (χ4n) is 5.04. The summed E-state index contributed by atoms with van der Waals surface area (Å²) in [5.74, 6) is -2.90. The molecular formula is C21H26F4N6O3S. The topological polar surface area (TPSA) is 111 Å². The summed E-state index contributed by atoms with van der Waals surface area (Å²) in [6.07, 6.45) is -1.12. The van der Waals surface area contributed by atoms with E-state index in [1.54, 1.807) is 0 Å². The van der Waals surface area contributed by atoms with Gasteiger partial charge >= 0.3 is 0 Å². The number of nitrogens with zero attached hydrogens (tertiary/aromatic N) is 4. The molecule has 1 aromatic carbocycles. The summed E-state index contributed by atoms with van der Waals surface area (Å²) >= 11 is 0. The van der Waals surface area contributed by atoms with Crippen LogP contribution in [0.15, 0.2) is 18.3 Å². The number of aromatic nitrogens is 2. The van der Waals surface area contributed by atoms with Crippen molar-refractivity contribution in [2.24, 2.45) is 5.41 Å². The minimum Gasteiger partial charge on any atom is -0.390 e. The summed E-state index contributed by atoms with van der Waals surface area (Å²) in [5, 5.41) is 16.6. The Balaban J connectivity index is 1.46. The van der Waals surface area contributed by atoms with E-state index in [0.717, 1.165) is 6.26 Å². The van der Waals surface area contributed by atoms with Crippen molar-refractivity contribution < 1.29 is 31.1 Å². The molecule has 4 heterocycles. The molecule has 3 fully saturated rings. The van der Waals surface area contributed by atoms with Gasteiger partial charge in [0.25, 0.3) is 12.3 Å². The van der Waals surface area contributed by atoms with Gasteiger partial charge in [-0.2, -0.15) is 4.31 Å². The number of sulfonamides is 1. The largest absolute Gasteiger partial charge is 0.390 e. The van der Waals surface area contributed by atoms with Gasteiger partial charge in [0, 0.05) is 49.9 Å². The van der Waals surface area contributed by atoms with Crippen LogP contribution in [0.25, 0.3) is 10.9 Å². The Bertz CT molecular complexity index is 1240. The molecule has 14 heteroatoms. The molecule has 0 radical (unpaired) electrons. The minimum absolute atomic E-state index is 0.00419. The molecule has 5 rings (SSSR count). The molecule has 0 bridgehead atoms. The smallest absolute Gasteiger partial charge is 0.274 e. The predicted octanol–water partition coefficient (Wildman–Crippen LogP) is 1.42. The number of aliphatic hydroxyl groups is 1. The van der Waals surface area contributed by atoms with E-state index in [1.165, 1.54) is 27.5 Å². The van der Waals surface area contributed by atoms with Crippen LogP contribution in [0.1, 0.15) is 18.4 Å². The second-order valence-electron chi connectivity index (χ2n) is 9.64. The lowest BCUT2D eigenvalue weighted by molar-refractivity contribution is -0.107. The molecule has 0 unspecified atom stereocenters. The lowest BCUT2D eigenvalue weighted by Crippen LogP contribution is -2.62. The fourth-order valence-corrected chi connectivity index (χ4v) is 5.90. The number of halogens is 4. The number of hydrogen-bond acceptors (Lipinski definition) is 8. The van der Waals surface area contributed by atoms with Crippen LogP contribution in [0.2, 0.25) is 0 Å². The number of β-amino-alcohol motifs (C(OH)–C–C–N with tert-alkyl or cyclic N) is 1. The van der Waals surface area contributed by atoms with Crippen LogP contribution in [0.5, 0.6) is 0 Å². The van der Waals surface area contributed by atoms with Gasteiger partial charge in [-0.1, -0.05) is 0 Å². The number of hydrogen-bond donors (Lipinski definition) is 3. The second-order valence-corrected chi connectivity index (χ2v) is 11.6. The van der Waals surface area contributed by atoms with Crippen molar-refractivity contribution in [3.05, 3.63) is 23.9 Å². The maximum absolute atomic E-state index is 14.8. The molecule has 9 nitrogen and oxygen atoms in total. The number of aliphatic hydroxyl groups excluding tert-OH is 1. The molecule has 3 aliphatic heterocycles. The average Bonchev–Trinajstić information content (AvgIpc) is 3.05. The third-order valence-electron chi connectivity index (χ3n) is 7.19. The van der Waals surface area contributed by atoms with Gasteiger partial charge < -0.3 is 20.6 Å². The first-order valence-corrected chi connectivity index (χ1v) is 13.1. The average molecular weight is 519 g/mol. The Kier molecular flexibility index (Phi) is 5.85. The molecule has 1 aromatic heterocycles. The van der Waals surface area contributed by atoms with E-state index in [9.17, 15) is 31.1 Å². The molecule has 3 aliphatic rings. The maximum Gasteiger partial charge on any atom is 0.274 e. The Morgan fingerprint density at radius 3 is 2.57 bits per heavy atom. The number of alkyl halides is 4. The zero-order valence-corrected chi connectivity index (χ0v) is 19.7. The Morgan fingerprint density at radius 1 is 1.26 bits per heavy atom. The molecule has 0 aliphatic carbocycles. The summed E-state index contributed by atoms with van der Waals surface area (Å²) in [5.41, 5.74) is -1.13. The highest BCUT2D eigenvalue weighted by molar-refractivity contribution is 7.88. The van der Waals surface area contributed by atoms with Crippen LogP contribution >= 0.6 is 0 Å². The van der Waals surface area contributed by atoms with Gasteiger partial charge in [0.05, 0.1) is 41.6 Å². The standard InChI is InChI=1S/C21H26F4N6O3S/c1-35(33,34)31-3-2-14(16(32)7-31)28-19-27-6-13-4-12(18(22)23)5-15(17(13)29-19)30-10-20(8-26-9-20)21(24,25)11-30/h4-6,14,16,18,26,32H,2-3,7-11H2,1H3,(H,27,28,29)/t14-,16-/m1/s1. The van der Waals surface area contributed by atoms with E-state index in [-0.39, 0.29) is 60.8 Å². The van der Waals surface area contributed by atoms with E-state index in [1.807, 2.05) is 0 Å². The van der Waals surface area contributed by atoms with Gasteiger partial charge in [-0.25, -0.2) is 35.9 Å². The van der Waals surface area contributed by atoms with Gasteiger partial charge in [0.1, 0.15) is 0 Å². The minimum atomic E-state index is -3.44. The summed E-state index contributed by atoms with van der Waals surface area (Å²) in [6, 6.07) is 1.89. The quantitative estimate of drug-likeness (QED) is 0.510. The first-order chi connectivity index (χ1) is 16.4. The highest BCUT2D eigenvalue weighted by Crippen LogP contribution is 2.48. The van der Waals surface area contributed by atoms with Crippen molar-refractivity contribution in [3.63, 3.8) is 0 Å². The number of benzene rings is 1. The van der Waals surface area contributed by atoms with Crippen molar-refractivity contribution in [2.45, 2.75) is 30.9 Å². The summed E-state index contributed by atoms with van der Waals surface area (Å²) in [6.45, 7) is -0.199. The van der Waals surface area contributed by atoms with Crippen molar-refractivity contribution in [2.75, 3.05) is 55.7 Å². The van der Waals surface area contributed by atoms with Crippen LogP contribution in [0.3, 0.4) is 0 Å². The third kappa shape index (κ3) is 4.30. The first-order valence-electron chi connectivity index (χ1n) is 11.2. The van der Waals surface area contributed by atoms with Crippen molar-refractivity contribution in [3.8, 4) is 0 Å². The maximum atomic E-state index is 14.8. The van der Waals surface area contributed by atoms with E-state index in [2.05, 4.69) is 20.6 Å². The number of piperidine rings is 1. The monoisotopic (exact) mass is 518 g/mol. The van der Waals surface area contributed by atoms with Gasteiger partial charge in [0.2, 0.25) is 16.0 Å². The normalized spacial score (nSPS) is 26.4. The number of fused-ring (bicyclic) bond motifs is 1. The van der Waals surface area contributed by atoms with Crippen molar-refractivity contribution >= 4 is 32.6 Å². The predicted molar refractivity (Wildman–Crippen MR) is 121 cm³/mol. The number of anilines is 2. The fraction of sp³-hybridized carbons (Fsp3) is 0.619. The van der Waals surface area contributed by atoms with Gasteiger partial charge in [-0.05, 0) is 18.6 Å². The Hall–Kier alpha value is -2.29. The molecule has 0 saturated carbocycles. The zero-order chi connectivity index (χ0) is 25.2. The van der Waals surface area contributed by atoms with Crippen LogP contribution in [-0.4, -0.2) is 91.4 Å². The lowest BCUT2D eigenvalue weighted by atomic mass is 9.78. The first kappa shape index (κ1) is 24.4. The summed E-state index contributed by atoms with van der Waals surface area (Å²) < 4.78 is 81.5. The van der Waals surface area contributed by atoms with Crippen molar-refractivity contribution in [1.82, 2.24) is 19.6 Å². The number of rotatable bonds is 5. The van der Waals surface area contributed by atoms with E-state index in [4.69, 9.17) is 0 Å². The zero-order valence-electron chi connectivity index (χ0n) is 18.9. The lowest BCUT2D eigenvalue weighted by Gasteiger charge is -2.42. The van der Waals surface area contributed by atoms with E-state index in [0.29, 0.717) is 6.42 Å².